The van der Waals surface area contributed by atoms with Crippen LogP contribution in [-0.4, -0.2) is 68.9 Å². The second-order valence-corrected chi connectivity index (χ2v) is 10.9. The molecule has 10 heteroatoms. The fourth-order valence-electron chi connectivity index (χ4n) is 4.36. The Balaban J connectivity index is 1.21. The topological polar surface area (TPSA) is 107 Å². The van der Waals surface area contributed by atoms with Crippen LogP contribution in [0.25, 0.3) is 0 Å². The molecule has 3 amide bonds. The third-order valence-corrected chi connectivity index (χ3v) is 8.26. The van der Waals surface area contributed by atoms with E-state index in [1.807, 2.05) is 25.1 Å². The van der Waals surface area contributed by atoms with Crippen molar-refractivity contribution >= 4 is 39.1 Å². The Bertz CT molecular complexity index is 1190. The third-order valence-electron chi connectivity index (χ3n) is 6.30. The summed E-state index contributed by atoms with van der Waals surface area (Å²) in [4.78, 5) is 39.4. The van der Waals surface area contributed by atoms with E-state index in [1.54, 1.807) is 24.3 Å². The van der Waals surface area contributed by atoms with Gasteiger partial charge in [0.05, 0.1) is 11.4 Å². The number of hydrogen-bond donors (Lipinski definition) is 1. The molecule has 0 spiro atoms. The van der Waals surface area contributed by atoms with Crippen molar-refractivity contribution in [3.8, 4) is 0 Å². The van der Waals surface area contributed by atoms with Crippen molar-refractivity contribution in [1.29, 1.82) is 0 Å². The van der Waals surface area contributed by atoms with Gasteiger partial charge in [0.25, 0.3) is 5.91 Å². The lowest BCUT2D eigenvalue weighted by atomic mass is 10.2. The van der Waals surface area contributed by atoms with E-state index in [9.17, 15) is 22.8 Å². The summed E-state index contributed by atoms with van der Waals surface area (Å²) in [6.45, 7) is 4.44. The van der Waals surface area contributed by atoms with Gasteiger partial charge in [-0.25, -0.2) is 8.42 Å². The number of carbonyl (C=O) groups is 3. The van der Waals surface area contributed by atoms with Crippen LogP contribution in [0.2, 0.25) is 0 Å². The molecular formula is C25H30N4O5S. The highest BCUT2D eigenvalue weighted by Crippen LogP contribution is 2.23. The molecule has 0 saturated carbocycles. The number of nitrogens with zero attached hydrogens (tertiary/aromatic N) is 3. The number of anilines is 2. The first-order chi connectivity index (χ1) is 16.7. The minimum absolute atomic E-state index is 0.0319. The van der Waals surface area contributed by atoms with Gasteiger partial charge in [0.1, 0.15) is 0 Å². The maximum absolute atomic E-state index is 12.7. The van der Waals surface area contributed by atoms with E-state index in [0.717, 1.165) is 10.6 Å². The van der Waals surface area contributed by atoms with Crippen LogP contribution in [0, 0.1) is 6.92 Å². The molecular weight excluding hydrogens is 468 g/mol. The molecule has 2 aromatic rings. The van der Waals surface area contributed by atoms with Crippen molar-refractivity contribution in [2.45, 2.75) is 26.2 Å². The molecule has 186 valence electrons. The van der Waals surface area contributed by atoms with Crippen LogP contribution in [0.15, 0.2) is 48.5 Å². The summed E-state index contributed by atoms with van der Waals surface area (Å²) in [7, 11) is -3.40. The molecule has 0 unspecified atom stereocenters. The van der Waals surface area contributed by atoms with E-state index in [1.165, 1.54) is 9.87 Å². The molecule has 35 heavy (non-hydrogen) atoms. The minimum atomic E-state index is -3.40. The fourth-order valence-corrected chi connectivity index (χ4v) is 5.85. The molecule has 9 nitrogen and oxygen atoms in total. The first-order valence-corrected chi connectivity index (χ1v) is 13.4. The normalized spacial score (nSPS) is 17.2. The number of amides is 3. The number of imide groups is 1. The lowest BCUT2D eigenvalue weighted by Crippen LogP contribution is -2.49. The molecule has 1 N–H and O–H groups in total. The number of piperazine rings is 1. The Morgan fingerprint density at radius 1 is 0.914 bits per heavy atom. The first kappa shape index (κ1) is 24.9. The molecule has 0 bridgehead atoms. The van der Waals surface area contributed by atoms with Crippen LogP contribution in [0.4, 0.5) is 11.4 Å². The summed E-state index contributed by atoms with van der Waals surface area (Å²) >= 11 is 0. The average molecular weight is 499 g/mol. The van der Waals surface area contributed by atoms with Gasteiger partial charge in [0, 0.05) is 56.8 Å². The molecule has 0 atom stereocenters. The Labute approximate surface area is 205 Å². The molecule has 2 saturated heterocycles. The third kappa shape index (κ3) is 5.88. The van der Waals surface area contributed by atoms with Gasteiger partial charge in [-0.2, -0.15) is 4.31 Å². The van der Waals surface area contributed by atoms with Gasteiger partial charge >= 0.3 is 0 Å². The van der Waals surface area contributed by atoms with E-state index in [4.69, 9.17) is 0 Å². The van der Waals surface area contributed by atoms with Gasteiger partial charge in [-0.05, 0) is 55.3 Å². The van der Waals surface area contributed by atoms with Gasteiger partial charge in [-0.15, -0.1) is 0 Å². The van der Waals surface area contributed by atoms with Crippen molar-refractivity contribution in [3.05, 3.63) is 59.7 Å². The molecule has 0 radical (unpaired) electrons. The summed E-state index contributed by atoms with van der Waals surface area (Å²) < 4.78 is 27.0. The summed E-state index contributed by atoms with van der Waals surface area (Å²) in [5.41, 5.74) is 3.11. The zero-order chi connectivity index (χ0) is 25.0. The molecule has 0 aromatic heterocycles. The summed E-state index contributed by atoms with van der Waals surface area (Å²) in [5, 5.41) is 2.74. The highest BCUT2D eigenvalue weighted by atomic mass is 32.2. The quantitative estimate of drug-likeness (QED) is 0.440. The second-order valence-electron chi connectivity index (χ2n) is 8.82. The molecule has 0 aliphatic carbocycles. The summed E-state index contributed by atoms with van der Waals surface area (Å²) in [5.74, 6) is -0.856. The van der Waals surface area contributed by atoms with Gasteiger partial charge in [-0.3, -0.25) is 19.3 Å². The van der Waals surface area contributed by atoms with Crippen LogP contribution in [0.5, 0.6) is 0 Å². The number of carbonyl (C=O) groups excluding carboxylic acids is 3. The van der Waals surface area contributed by atoms with Crippen LogP contribution in [0.3, 0.4) is 0 Å². The number of aryl methyl sites for hydroxylation is 1. The average Bonchev–Trinajstić information content (AvgIpc) is 3.19. The predicted molar refractivity (Wildman–Crippen MR) is 134 cm³/mol. The zero-order valence-corrected chi connectivity index (χ0v) is 20.6. The summed E-state index contributed by atoms with van der Waals surface area (Å²) in [6.07, 6.45) is 0.708. The van der Waals surface area contributed by atoms with Gasteiger partial charge < -0.3 is 10.2 Å². The standard InChI is InChI=1S/C25H30N4O5S/c1-19-4-2-5-22(18-19)27-13-15-28(16-14-27)35(33,34)17-3-12-26-25(32)20-6-8-21(9-7-20)29-23(30)10-11-24(29)31/h2,4-9,18H,3,10-17H2,1H3,(H,26,32). The highest BCUT2D eigenvalue weighted by Gasteiger charge is 2.30. The molecule has 2 heterocycles. The molecule has 2 fully saturated rings. The van der Waals surface area contributed by atoms with Crippen LogP contribution in [-0.2, 0) is 19.6 Å². The van der Waals surface area contributed by atoms with Crippen molar-refractivity contribution < 1.29 is 22.8 Å². The molecule has 4 rings (SSSR count). The van der Waals surface area contributed by atoms with Crippen LogP contribution >= 0.6 is 0 Å². The van der Waals surface area contributed by atoms with Crippen molar-refractivity contribution in [1.82, 2.24) is 9.62 Å². The fraction of sp³-hybridized carbons (Fsp3) is 0.400. The SMILES string of the molecule is Cc1cccc(N2CCN(S(=O)(=O)CCCNC(=O)c3ccc(N4C(=O)CCC4=O)cc3)CC2)c1. The Morgan fingerprint density at radius 3 is 2.20 bits per heavy atom. The van der Waals surface area contributed by atoms with E-state index >= 15 is 0 Å². The number of rotatable bonds is 8. The van der Waals surface area contributed by atoms with E-state index < -0.39 is 10.0 Å². The lowest BCUT2D eigenvalue weighted by Gasteiger charge is -2.35. The lowest BCUT2D eigenvalue weighted by molar-refractivity contribution is -0.121. The minimum Gasteiger partial charge on any atom is -0.369 e. The molecule has 2 aliphatic heterocycles. The summed E-state index contributed by atoms with van der Waals surface area (Å²) in [6, 6.07) is 14.4. The second kappa shape index (κ2) is 10.6. The Hall–Kier alpha value is -3.24. The van der Waals surface area contributed by atoms with E-state index in [0.29, 0.717) is 43.9 Å². The van der Waals surface area contributed by atoms with Gasteiger partial charge in [0.15, 0.2) is 0 Å². The number of hydrogen-bond acceptors (Lipinski definition) is 6. The maximum atomic E-state index is 12.7. The number of nitrogens with one attached hydrogen (secondary N) is 1. The molecule has 2 aliphatic rings. The Morgan fingerprint density at radius 2 is 1.57 bits per heavy atom. The largest absolute Gasteiger partial charge is 0.369 e. The van der Waals surface area contributed by atoms with Crippen LogP contribution < -0.4 is 15.1 Å². The zero-order valence-electron chi connectivity index (χ0n) is 19.8. The van der Waals surface area contributed by atoms with Gasteiger partial charge in [-0.1, -0.05) is 12.1 Å². The number of benzene rings is 2. The van der Waals surface area contributed by atoms with Crippen molar-refractivity contribution in [3.63, 3.8) is 0 Å². The van der Waals surface area contributed by atoms with Crippen molar-refractivity contribution in [2.24, 2.45) is 0 Å². The smallest absolute Gasteiger partial charge is 0.251 e. The van der Waals surface area contributed by atoms with Crippen molar-refractivity contribution in [2.75, 3.05) is 48.3 Å². The van der Waals surface area contributed by atoms with Crippen LogP contribution in [0.1, 0.15) is 35.2 Å². The number of sulfonamides is 1. The van der Waals surface area contributed by atoms with E-state index in [2.05, 4.69) is 16.3 Å². The maximum Gasteiger partial charge on any atom is 0.251 e. The predicted octanol–water partition coefficient (Wildman–Crippen LogP) is 1.92. The highest BCUT2D eigenvalue weighted by molar-refractivity contribution is 7.89. The molecule has 2 aromatic carbocycles. The van der Waals surface area contributed by atoms with Gasteiger partial charge in [0.2, 0.25) is 21.8 Å². The van der Waals surface area contributed by atoms with E-state index in [-0.39, 0.29) is 42.9 Å². The monoisotopic (exact) mass is 498 g/mol. The first-order valence-electron chi connectivity index (χ1n) is 11.8. The Kier molecular flexibility index (Phi) is 7.51.